The Balaban J connectivity index is 1.17. The van der Waals surface area contributed by atoms with Crippen LogP contribution in [0, 0.1) is 0 Å². The van der Waals surface area contributed by atoms with Crippen molar-refractivity contribution in [1.29, 1.82) is 0 Å². The molecule has 26 heteroatoms. The summed E-state index contributed by atoms with van der Waals surface area (Å²) < 4.78 is 10.7. The maximum atomic E-state index is 13.1. The number of amides is 8. The van der Waals surface area contributed by atoms with Crippen molar-refractivity contribution >= 4 is 83.1 Å². The highest BCUT2D eigenvalue weighted by Gasteiger charge is 2.27. The number of ether oxygens (including phenoxy) is 2. The zero-order chi connectivity index (χ0) is 63.1. The van der Waals surface area contributed by atoms with E-state index in [-0.39, 0.29) is 63.6 Å². The monoisotopic (exact) mass is 1230 g/mol. The zero-order valence-electron chi connectivity index (χ0n) is 49.4. The minimum atomic E-state index is -1.22. The molecule has 0 heterocycles. The van der Waals surface area contributed by atoms with Crippen molar-refractivity contribution < 1.29 is 67.6 Å². The third kappa shape index (κ3) is 31.1. The lowest BCUT2D eigenvalue weighted by Crippen LogP contribution is -2.54. The molecule has 0 bridgehead atoms. The first-order valence-corrected chi connectivity index (χ1v) is 30.1. The highest BCUT2D eigenvalue weighted by molar-refractivity contribution is 7.98. The van der Waals surface area contributed by atoms with Gasteiger partial charge in [-0.3, -0.25) is 69.9 Å². The summed E-state index contributed by atoms with van der Waals surface area (Å²) in [6.45, 7) is 8.54. The van der Waals surface area contributed by atoms with Gasteiger partial charge in [0.15, 0.2) is 0 Å². The van der Waals surface area contributed by atoms with Crippen LogP contribution in [0.5, 0.6) is 0 Å². The number of nitrogens with zero attached hydrogens (tertiary/aromatic N) is 2. The van der Waals surface area contributed by atoms with E-state index < -0.39 is 95.9 Å². The zero-order valence-corrected chi connectivity index (χ0v) is 51.0. The number of thioether (sulfide) groups is 2. The van der Waals surface area contributed by atoms with Gasteiger partial charge in [0.1, 0.15) is 23.3 Å². The summed E-state index contributed by atoms with van der Waals surface area (Å²) in [7, 11) is 0. The Morgan fingerprint density at radius 2 is 0.779 bits per heavy atom. The number of carboxylic acid groups (broad SMARTS) is 2. The molecular formula is C60H80N10O14S2. The number of benzene rings is 4. The maximum absolute atomic E-state index is 13.1. The molecule has 0 spiro atoms. The minimum Gasteiger partial charge on any atom is -0.480 e. The van der Waals surface area contributed by atoms with Crippen molar-refractivity contribution in [2.75, 3.05) is 50.8 Å². The Morgan fingerprint density at radius 3 is 1.10 bits per heavy atom. The number of hydrogen-bond donors (Lipinski definition) is 10. The van der Waals surface area contributed by atoms with Gasteiger partial charge in [0.25, 0.3) is 11.8 Å². The SMILES string of the molecule is CC(C)(C)OC(=O)N[C@H](CSCc1ccccc1)C(=O)NNC(=O)CCc1ccc(CNC(=O)CN(CCN(CC(=O)O)CC(=O)NCc2ccc(CCC(=O)NNC(=O)[C@@H](CSCc3ccccc3)NC(=O)OC(C)(C)C)cc2)CC(=O)O)cc1. The lowest BCUT2D eigenvalue weighted by Gasteiger charge is -2.25. The number of hydrogen-bond acceptors (Lipinski definition) is 16. The highest BCUT2D eigenvalue weighted by Crippen LogP contribution is 2.17. The van der Waals surface area contributed by atoms with E-state index in [0.717, 1.165) is 22.3 Å². The minimum absolute atomic E-state index is 0.0172. The van der Waals surface area contributed by atoms with Gasteiger partial charge in [-0.15, -0.1) is 0 Å². The Hall–Kier alpha value is -8.20. The number of hydrazine groups is 2. The first-order chi connectivity index (χ1) is 40.8. The van der Waals surface area contributed by atoms with Crippen LogP contribution in [0.25, 0.3) is 0 Å². The first kappa shape index (κ1) is 70.3. The molecule has 0 aromatic heterocycles. The van der Waals surface area contributed by atoms with Crippen molar-refractivity contribution in [3.05, 3.63) is 143 Å². The molecule has 0 saturated carbocycles. The Bertz CT molecular complexity index is 2660. The van der Waals surface area contributed by atoms with Gasteiger partial charge >= 0.3 is 24.1 Å². The number of aliphatic carboxylic acids is 2. The standard InChI is InChI=1S/C60H80N10O14S2/c1-59(2,3)83-57(81)63-47(39-85-37-45-13-9-7-10-14-45)55(79)67-65-49(71)27-25-41-17-21-43(22-18-41)31-61-51(73)33-69(35-53(75)76)29-30-70(36-54(77)78)34-52(74)62-32-44-23-19-42(20-24-44)26-28-50(72)66-68-56(80)48(64-58(82)84-60(4,5)6)40-86-38-46-15-11-8-12-16-46/h7-24,47-48H,25-40H2,1-6H3,(H,61,73)(H,62,74)(H,63,81)(H,64,82)(H,65,71)(H,66,72)(H,67,79)(H,68,80)(H,75,76)(H,77,78)/t47-,48-/m1/s1. The van der Waals surface area contributed by atoms with Crippen LogP contribution in [0.3, 0.4) is 0 Å². The van der Waals surface area contributed by atoms with Gasteiger partial charge in [0, 0.05) is 62.0 Å². The third-order valence-electron chi connectivity index (χ3n) is 11.9. The van der Waals surface area contributed by atoms with Crippen molar-refractivity contribution in [2.45, 2.75) is 115 Å². The summed E-state index contributed by atoms with van der Waals surface area (Å²) in [5, 5.41) is 29.9. The smallest absolute Gasteiger partial charge is 0.408 e. The topological polar surface area (TPSA) is 332 Å². The van der Waals surface area contributed by atoms with Crippen LogP contribution < -0.4 is 43.0 Å². The molecule has 0 unspecified atom stereocenters. The normalized spacial score (nSPS) is 12.0. The van der Waals surface area contributed by atoms with Crippen LogP contribution in [-0.4, -0.2) is 154 Å². The Kier molecular flexibility index (Phi) is 29.9. The van der Waals surface area contributed by atoms with E-state index in [1.165, 1.54) is 33.3 Å². The number of rotatable bonds is 33. The molecule has 0 aliphatic heterocycles. The van der Waals surface area contributed by atoms with Crippen molar-refractivity contribution in [3.8, 4) is 0 Å². The number of carbonyl (C=O) groups is 10. The fraction of sp³-hybridized carbons (Fsp3) is 0.433. The largest absolute Gasteiger partial charge is 0.480 e. The fourth-order valence-electron chi connectivity index (χ4n) is 7.74. The predicted molar refractivity (Wildman–Crippen MR) is 325 cm³/mol. The molecule has 86 heavy (non-hydrogen) atoms. The number of alkyl carbamates (subject to hydrolysis) is 2. The quantitative estimate of drug-likeness (QED) is 0.0299. The van der Waals surface area contributed by atoms with Gasteiger partial charge < -0.3 is 41.0 Å². The molecule has 8 amide bonds. The first-order valence-electron chi connectivity index (χ1n) is 27.7. The second kappa shape index (κ2) is 36.6. The molecule has 466 valence electrons. The number of aryl methyl sites for hydroxylation is 2. The number of carboxylic acids is 2. The fourth-order valence-corrected chi connectivity index (χ4v) is 9.77. The molecule has 4 rings (SSSR count). The van der Waals surface area contributed by atoms with Gasteiger partial charge in [0.2, 0.25) is 23.6 Å². The van der Waals surface area contributed by atoms with Crippen LogP contribution in [0.2, 0.25) is 0 Å². The van der Waals surface area contributed by atoms with E-state index in [9.17, 15) is 58.2 Å². The molecule has 0 aliphatic rings. The van der Waals surface area contributed by atoms with Crippen LogP contribution in [0.1, 0.15) is 87.8 Å². The molecule has 4 aromatic rings. The molecule has 0 radical (unpaired) electrons. The van der Waals surface area contributed by atoms with E-state index in [2.05, 4.69) is 43.0 Å². The van der Waals surface area contributed by atoms with Gasteiger partial charge in [-0.2, -0.15) is 23.5 Å². The van der Waals surface area contributed by atoms with Crippen molar-refractivity contribution in [1.82, 2.24) is 52.8 Å². The van der Waals surface area contributed by atoms with Crippen LogP contribution >= 0.6 is 23.5 Å². The van der Waals surface area contributed by atoms with E-state index in [1.807, 2.05) is 60.7 Å². The lowest BCUT2D eigenvalue weighted by atomic mass is 10.1. The summed E-state index contributed by atoms with van der Waals surface area (Å²) in [5.74, 6) is -4.03. The van der Waals surface area contributed by atoms with Crippen LogP contribution in [-0.2, 0) is 85.3 Å². The van der Waals surface area contributed by atoms with Crippen molar-refractivity contribution in [3.63, 3.8) is 0 Å². The molecule has 2 atom stereocenters. The average molecular weight is 1230 g/mol. The van der Waals surface area contributed by atoms with Gasteiger partial charge in [-0.05, 0) is 87.8 Å². The summed E-state index contributed by atoms with van der Waals surface area (Å²) in [6, 6.07) is 31.3. The molecular weight excluding hydrogens is 1150 g/mol. The van der Waals surface area contributed by atoms with Crippen LogP contribution in [0.4, 0.5) is 9.59 Å². The second-order valence-corrected chi connectivity index (χ2v) is 23.9. The van der Waals surface area contributed by atoms with Gasteiger partial charge in [-0.25, -0.2) is 9.59 Å². The maximum Gasteiger partial charge on any atom is 0.408 e. The Labute approximate surface area is 509 Å². The van der Waals surface area contributed by atoms with E-state index in [1.54, 1.807) is 90.1 Å². The second-order valence-electron chi connectivity index (χ2n) is 21.9. The summed E-state index contributed by atoms with van der Waals surface area (Å²) >= 11 is 2.86. The van der Waals surface area contributed by atoms with Gasteiger partial charge in [-0.1, -0.05) is 109 Å². The number of carbonyl (C=O) groups excluding carboxylic acids is 8. The number of nitrogens with one attached hydrogen (secondary N) is 8. The predicted octanol–water partition coefficient (Wildman–Crippen LogP) is 4.21. The van der Waals surface area contributed by atoms with Crippen molar-refractivity contribution in [2.24, 2.45) is 0 Å². The Morgan fingerprint density at radius 1 is 0.442 bits per heavy atom. The summed E-state index contributed by atoms with van der Waals surface area (Å²) in [5.41, 5.74) is 13.1. The molecule has 0 fully saturated rings. The molecule has 0 aliphatic carbocycles. The van der Waals surface area contributed by atoms with E-state index in [0.29, 0.717) is 35.5 Å². The summed E-state index contributed by atoms with van der Waals surface area (Å²) in [4.78, 5) is 129. The molecule has 10 N–H and O–H groups in total. The third-order valence-corrected chi connectivity index (χ3v) is 14.2. The molecule has 0 saturated heterocycles. The lowest BCUT2D eigenvalue weighted by molar-refractivity contribution is -0.141. The van der Waals surface area contributed by atoms with Crippen LogP contribution in [0.15, 0.2) is 109 Å². The summed E-state index contributed by atoms with van der Waals surface area (Å²) in [6.07, 6.45) is -0.882. The highest BCUT2D eigenvalue weighted by atomic mass is 32.2. The molecule has 24 nitrogen and oxygen atoms in total. The molecule has 4 aromatic carbocycles. The average Bonchev–Trinajstić information content (AvgIpc) is 3.58. The van der Waals surface area contributed by atoms with E-state index >= 15 is 0 Å². The van der Waals surface area contributed by atoms with Gasteiger partial charge in [0.05, 0.1) is 26.2 Å². The van der Waals surface area contributed by atoms with E-state index in [4.69, 9.17) is 9.47 Å².